The van der Waals surface area contributed by atoms with Crippen LogP contribution in [0, 0.1) is 0 Å². The molecule has 0 aromatic carbocycles. The number of carbonyl (C=O) groups is 1. The molecule has 2 aliphatic carbocycles. The van der Waals surface area contributed by atoms with E-state index in [4.69, 9.17) is 5.73 Å². The van der Waals surface area contributed by atoms with Crippen molar-refractivity contribution < 1.29 is 4.79 Å². The van der Waals surface area contributed by atoms with Crippen molar-refractivity contribution in [2.24, 2.45) is 5.73 Å². The van der Waals surface area contributed by atoms with Crippen molar-refractivity contribution in [3.05, 3.63) is 0 Å². The lowest BCUT2D eigenvalue weighted by molar-refractivity contribution is -0.124. The smallest absolute Gasteiger partial charge is 0.237 e. The second-order valence-electron chi connectivity index (χ2n) is 6.33. The first-order valence-electron chi connectivity index (χ1n) is 7.86. The largest absolute Gasteiger partial charge is 0.368 e. The Labute approximate surface area is 117 Å². The van der Waals surface area contributed by atoms with Crippen LogP contribution in [-0.2, 0) is 4.79 Å². The van der Waals surface area contributed by atoms with E-state index in [1.54, 1.807) is 0 Å². The third kappa shape index (κ3) is 3.11. The number of primary amides is 1. The average Bonchev–Trinajstić information content (AvgIpc) is 2.85. The summed E-state index contributed by atoms with van der Waals surface area (Å²) in [5.74, 6) is -0.172. The van der Waals surface area contributed by atoms with E-state index in [0.717, 1.165) is 25.8 Å². The maximum atomic E-state index is 11.8. The second-order valence-corrected chi connectivity index (χ2v) is 6.33. The maximum Gasteiger partial charge on any atom is 0.237 e. The number of amides is 1. The fraction of sp³-hybridized carbons (Fsp3) is 0.933. The summed E-state index contributed by atoms with van der Waals surface area (Å²) in [6.07, 6.45) is 9.59. The Hall–Kier alpha value is -0.610. The molecule has 2 atom stereocenters. The van der Waals surface area contributed by atoms with Gasteiger partial charge in [-0.2, -0.15) is 0 Å². The van der Waals surface area contributed by atoms with Gasteiger partial charge in [-0.25, -0.2) is 0 Å². The van der Waals surface area contributed by atoms with E-state index in [1.807, 2.05) is 6.92 Å². The Bertz CT molecular complexity index is 315. The van der Waals surface area contributed by atoms with E-state index in [9.17, 15) is 4.79 Å². The summed E-state index contributed by atoms with van der Waals surface area (Å²) >= 11 is 0. The molecule has 2 fully saturated rings. The molecule has 110 valence electrons. The van der Waals surface area contributed by atoms with Crippen LogP contribution in [0.2, 0.25) is 0 Å². The minimum atomic E-state index is -0.456. The van der Waals surface area contributed by atoms with Crippen molar-refractivity contribution in [2.45, 2.75) is 75.9 Å². The zero-order valence-corrected chi connectivity index (χ0v) is 12.5. The highest BCUT2D eigenvalue weighted by Crippen LogP contribution is 2.35. The number of rotatable bonds is 5. The Kier molecular flexibility index (Phi) is 4.85. The minimum Gasteiger partial charge on any atom is -0.368 e. The van der Waals surface area contributed by atoms with Crippen LogP contribution >= 0.6 is 0 Å². The van der Waals surface area contributed by atoms with Crippen molar-refractivity contribution in [3.63, 3.8) is 0 Å². The SMILES string of the molecule is CCNC1(C(N)=O)CCC(N(C)C2CCCCC2)C1. The van der Waals surface area contributed by atoms with Crippen molar-refractivity contribution in [1.82, 2.24) is 10.2 Å². The standard InChI is InChI=1S/C15H29N3O/c1-3-17-15(14(16)19)10-9-13(11-15)18(2)12-7-5-4-6-8-12/h12-13,17H,3-11H2,1-2H3,(H2,16,19). The number of likely N-dealkylation sites (N-methyl/N-ethyl adjacent to an activating group) is 1. The van der Waals surface area contributed by atoms with Gasteiger partial charge in [0.1, 0.15) is 0 Å². The van der Waals surface area contributed by atoms with Crippen molar-refractivity contribution in [1.29, 1.82) is 0 Å². The molecule has 0 saturated heterocycles. The van der Waals surface area contributed by atoms with Gasteiger partial charge in [-0.3, -0.25) is 4.79 Å². The maximum absolute atomic E-state index is 11.8. The lowest BCUT2D eigenvalue weighted by atomic mass is 9.92. The van der Waals surface area contributed by atoms with Crippen LogP contribution in [0.5, 0.6) is 0 Å². The Morgan fingerprint density at radius 1 is 1.26 bits per heavy atom. The topological polar surface area (TPSA) is 58.4 Å². The number of nitrogens with zero attached hydrogens (tertiary/aromatic N) is 1. The summed E-state index contributed by atoms with van der Waals surface area (Å²) in [5, 5.41) is 3.34. The van der Waals surface area contributed by atoms with Crippen LogP contribution in [0.25, 0.3) is 0 Å². The van der Waals surface area contributed by atoms with Gasteiger partial charge >= 0.3 is 0 Å². The molecule has 19 heavy (non-hydrogen) atoms. The number of hydrogen-bond acceptors (Lipinski definition) is 3. The molecule has 4 heteroatoms. The number of hydrogen-bond donors (Lipinski definition) is 2. The predicted octanol–water partition coefficient (Wildman–Crippen LogP) is 1.64. The molecule has 2 unspecified atom stereocenters. The first-order chi connectivity index (χ1) is 9.09. The summed E-state index contributed by atoms with van der Waals surface area (Å²) in [6.45, 7) is 2.85. The van der Waals surface area contributed by atoms with Crippen molar-refractivity contribution in [3.8, 4) is 0 Å². The molecule has 4 nitrogen and oxygen atoms in total. The molecule has 2 rings (SSSR count). The molecule has 0 radical (unpaired) electrons. The summed E-state index contributed by atoms with van der Waals surface area (Å²) in [4.78, 5) is 14.3. The van der Waals surface area contributed by atoms with Gasteiger partial charge in [0.2, 0.25) is 5.91 Å². The van der Waals surface area contributed by atoms with Gasteiger partial charge in [0.25, 0.3) is 0 Å². The highest BCUT2D eigenvalue weighted by Gasteiger charge is 2.45. The summed E-state index contributed by atoms with van der Waals surface area (Å²) in [5.41, 5.74) is 5.18. The zero-order valence-electron chi connectivity index (χ0n) is 12.5. The van der Waals surface area contributed by atoms with Gasteiger partial charge in [-0.15, -0.1) is 0 Å². The van der Waals surface area contributed by atoms with Crippen LogP contribution in [0.4, 0.5) is 0 Å². The van der Waals surface area contributed by atoms with Gasteiger partial charge in [-0.05, 0) is 45.7 Å². The van der Waals surface area contributed by atoms with E-state index in [1.165, 1.54) is 32.1 Å². The monoisotopic (exact) mass is 267 g/mol. The molecule has 2 aliphatic rings. The molecule has 0 spiro atoms. The first kappa shape index (κ1) is 14.8. The van der Waals surface area contributed by atoms with Crippen LogP contribution in [0.15, 0.2) is 0 Å². The number of carbonyl (C=O) groups excluding carboxylic acids is 1. The van der Waals surface area contributed by atoms with Crippen LogP contribution in [0.1, 0.15) is 58.3 Å². The van der Waals surface area contributed by atoms with E-state index in [-0.39, 0.29) is 5.91 Å². The Morgan fingerprint density at radius 3 is 2.53 bits per heavy atom. The molecule has 0 bridgehead atoms. The molecule has 0 aliphatic heterocycles. The van der Waals surface area contributed by atoms with Crippen LogP contribution in [-0.4, -0.2) is 42.0 Å². The molecule has 0 aromatic rings. The highest BCUT2D eigenvalue weighted by atomic mass is 16.1. The van der Waals surface area contributed by atoms with Crippen molar-refractivity contribution >= 4 is 5.91 Å². The van der Waals surface area contributed by atoms with E-state index in [0.29, 0.717) is 12.1 Å². The Morgan fingerprint density at radius 2 is 1.95 bits per heavy atom. The number of nitrogens with one attached hydrogen (secondary N) is 1. The summed E-state index contributed by atoms with van der Waals surface area (Å²) in [7, 11) is 2.24. The van der Waals surface area contributed by atoms with E-state index < -0.39 is 5.54 Å². The van der Waals surface area contributed by atoms with E-state index >= 15 is 0 Å². The fourth-order valence-electron chi connectivity index (χ4n) is 3.96. The van der Waals surface area contributed by atoms with Gasteiger partial charge < -0.3 is 16.0 Å². The van der Waals surface area contributed by atoms with Gasteiger partial charge in [-0.1, -0.05) is 26.2 Å². The normalized spacial score (nSPS) is 32.9. The fourth-order valence-corrected chi connectivity index (χ4v) is 3.96. The van der Waals surface area contributed by atoms with Gasteiger partial charge in [0.15, 0.2) is 0 Å². The molecular formula is C15H29N3O. The first-order valence-corrected chi connectivity index (χ1v) is 7.86. The summed E-state index contributed by atoms with van der Waals surface area (Å²) < 4.78 is 0. The average molecular weight is 267 g/mol. The number of nitrogens with two attached hydrogens (primary N) is 1. The second kappa shape index (κ2) is 6.23. The molecule has 0 aromatic heterocycles. The third-order valence-corrected chi connectivity index (χ3v) is 5.20. The summed E-state index contributed by atoms with van der Waals surface area (Å²) in [6, 6.07) is 1.22. The molecular weight excluding hydrogens is 238 g/mol. The molecule has 1 amide bonds. The van der Waals surface area contributed by atoms with Gasteiger partial charge in [0, 0.05) is 12.1 Å². The zero-order chi connectivity index (χ0) is 13.9. The predicted molar refractivity (Wildman–Crippen MR) is 77.9 cm³/mol. The van der Waals surface area contributed by atoms with E-state index in [2.05, 4.69) is 17.3 Å². The highest BCUT2D eigenvalue weighted by molar-refractivity contribution is 5.85. The Balaban J connectivity index is 1.97. The minimum absolute atomic E-state index is 0.172. The molecule has 2 saturated carbocycles. The van der Waals surface area contributed by atoms with Crippen molar-refractivity contribution in [2.75, 3.05) is 13.6 Å². The molecule has 0 heterocycles. The lowest BCUT2D eigenvalue weighted by Gasteiger charge is -2.36. The van der Waals surface area contributed by atoms with Gasteiger partial charge in [0.05, 0.1) is 5.54 Å². The molecule has 3 N–H and O–H groups in total. The quantitative estimate of drug-likeness (QED) is 0.796. The lowest BCUT2D eigenvalue weighted by Crippen LogP contribution is -2.54. The third-order valence-electron chi connectivity index (χ3n) is 5.20. The van der Waals surface area contributed by atoms with Crippen LogP contribution in [0.3, 0.4) is 0 Å². The van der Waals surface area contributed by atoms with Crippen LogP contribution < -0.4 is 11.1 Å².